The number of methoxy groups -OCH3 is 1. The Morgan fingerprint density at radius 2 is 1.47 bits per heavy atom. The van der Waals surface area contributed by atoms with Crippen molar-refractivity contribution >= 4 is 0 Å². The number of hydrogen-bond acceptors (Lipinski definition) is 2. The van der Waals surface area contributed by atoms with E-state index in [1.165, 1.54) is 22.3 Å². The lowest BCUT2D eigenvalue weighted by atomic mass is 9.82. The summed E-state index contributed by atoms with van der Waals surface area (Å²) < 4.78 is 5.68. The van der Waals surface area contributed by atoms with Crippen LogP contribution in [0.25, 0.3) is 0 Å². The van der Waals surface area contributed by atoms with Gasteiger partial charge in [-0.2, -0.15) is 0 Å². The molecule has 0 spiro atoms. The molecule has 2 heteroatoms. The summed E-state index contributed by atoms with van der Waals surface area (Å²) in [6.45, 7) is 8.55. The lowest BCUT2D eigenvalue weighted by molar-refractivity contribution is 0.398. The van der Waals surface area contributed by atoms with Crippen molar-refractivity contribution < 1.29 is 9.84 Å². The van der Waals surface area contributed by atoms with Crippen molar-refractivity contribution in [1.82, 2.24) is 0 Å². The molecule has 0 heterocycles. The summed E-state index contributed by atoms with van der Waals surface area (Å²) in [6, 6.07) is 0. The predicted octanol–water partition coefficient (Wildman–Crippen LogP) is 3.96. The highest BCUT2D eigenvalue weighted by atomic mass is 16.5. The Hall–Kier alpha value is -1.44. The summed E-state index contributed by atoms with van der Waals surface area (Å²) in [6.07, 6.45) is 3.49. The number of aromatic hydroxyl groups is 1. The SMILES string of the molecule is CCc1c(O)c2c(c(OC)c1CC)CC(C)=C(C)C2. The zero-order valence-electron chi connectivity index (χ0n) is 12.7. The molecule has 0 unspecified atom stereocenters. The van der Waals surface area contributed by atoms with Crippen LogP contribution in [-0.4, -0.2) is 12.2 Å². The van der Waals surface area contributed by atoms with Crippen molar-refractivity contribution in [3.8, 4) is 11.5 Å². The van der Waals surface area contributed by atoms with Crippen LogP contribution in [0, 0.1) is 0 Å². The summed E-state index contributed by atoms with van der Waals surface area (Å²) in [7, 11) is 1.74. The van der Waals surface area contributed by atoms with Crippen LogP contribution in [0.15, 0.2) is 11.1 Å². The second-order valence-corrected chi connectivity index (χ2v) is 5.42. The smallest absolute Gasteiger partial charge is 0.126 e. The quantitative estimate of drug-likeness (QED) is 0.834. The van der Waals surface area contributed by atoms with E-state index in [1.54, 1.807) is 7.11 Å². The van der Waals surface area contributed by atoms with E-state index in [0.717, 1.165) is 42.6 Å². The maximum absolute atomic E-state index is 10.6. The first-order chi connectivity index (χ1) is 9.04. The fraction of sp³-hybridized carbons (Fsp3) is 0.529. The van der Waals surface area contributed by atoms with Crippen LogP contribution in [0.3, 0.4) is 0 Å². The Kier molecular flexibility index (Phi) is 3.88. The lowest BCUT2D eigenvalue weighted by Crippen LogP contribution is -2.12. The van der Waals surface area contributed by atoms with Gasteiger partial charge in [0, 0.05) is 22.3 Å². The van der Waals surface area contributed by atoms with Gasteiger partial charge in [-0.05, 0) is 39.5 Å². The van der Waals surface area contributed by atoms with Gasteiger partial charge in [0.1, 0.15) is 11.5 Å². The monoisotopic (exact) mass is 260 g/mol. The van der Waals surface area contributed by atoms with E-state index in [1.807, 2.05) is 0 Å². The molecule has 19 heavy (non-hydrogen) atoms. The van der Waals surface area contributed by atoms with E-state index < -0.39 is 0 Å². The van der Waals surface area contributed by atoms with Gasteiger partial charge in [0.05, 0.1) is 7.11 Å². The molecule has 1 aliphatic rings. The minimum absolute atomic E-state index is 0.502. The number of phenols is 1. The maximum Gasteiger partial charge on any atom is 0.126 e. The van der Waals surface area contributed by atoms with Crippen LogP contribution in [0.2, 0.25) is 0 Å². The molecule has 2 nitrogen and oxygen atoms in total. The molecule has 0 radical (unpaired) electrons. The average Bonchev–Trinajstić information content (AvgIpc) is 2.40. The van der Waals surface area contributed by atoms with E-state index in [9.17, 15) is 5.11 Å². The molecular formula is C17H24O2. The van der Waals surface area contributed by atoms with Gasteiger partial charge in [-0.3, -0.25) is 0 Å². The number of phenolic OH excluding ortho intramolecular Hbond substituents is 1. The number of hydrogen-bond donors (Lipinski definition) is 1. The van der Waals surface area contributed by atoms with Crippen LogP contribution in [0.4, 0.5) is 0 Å². The molecule has 1 N–H and O–H groups in total. The summed E-state index contributed by atoms with van der Waals surface area (Å²) in [4.78, 5) is 0. The number of benzene rings is 1. The Bertz CT molecular complexity index is 539. The highest BCUT2D eigenvalue weighted by molar-refractivity contribution is 5.62. The number of rotatable bonds is 3. The van der Waals surface area contributed by atoms with Crippen LogP contribution in [-0.2, 0) is 25.7 Å². The highest BCUT2D eigenvalue weighted by Gasteiger charge is 2.25. The van der Waals surface area contributed by atoms with Crippen molar-refractivity contribution in [2.75, 3.05) is 7.11 Å². The van der Waals surface area contributed by atoms with Gasteiger partial charge < -0.3 is 9.84 Å². The zero-order chi connectivity index (χ0) is 14.2. The third-order valence-electron chi connectivity index (χ3n) is 4.37. The summed E-state index contributed by atoms with van der Waals surface area (Å²) in [5.74, 6) is 1.50. The fourth-order valence-electron chi connectivity index (χ4n) is 3.13. The predicted molar refractivity (Wildman–Crippen MR) is 79.2 cm³/mol. The molecular weight excluding hydrogens is 236 g/mol. The third kappa shape index (κ3) is 2.13. The van der Waals surface area contributed by atoms with Crippen molar-refractivity contribution in [3.63, 3.8) is 0 Å². The molecule has 1 aromatic carbocycles. The Balaban J connectivity index is 2.74. The van der Waals surface area contributed by atoms with Crippen molar-refractivity contribution in [3.05, 3.63) is 33.4 Å². The third-order valence-corrected chi connectivity index (χ3v) is 4.37. The van der Waals surface area contributed by atoms with Crippen LogP contribution in [0.1, 0.15) is 49.9 Å². The van der Waals surface area contributed by atoms with Crippen molar-refractivity contribution in [2.45, 2.75) is 53.4 Å². The van der Waals surface area contributed by atoms with Crippen LogP contribution >= 0.6 is 0 Å². The molecule has 0 saturated carbocycles. The molecule has 104 valence electrons. The van der Waals surface area contributed by atoms with Crippen molar-refractivity contribution in [2.24, 2.45) is 0 Å². The van der Waals surface area contributed by atoms with Gasteiger partial charge >= 0.3 is 0 Å². The average molecular weight is 260 g/mol. The van der Waals surface area contributed by atoms with E-state index in [0.29, 0.717) is 5.75 Å². The van der Waals surface area contributed by atoms with E-state index >= 15 is 0 Å². The van der Waals surface area contributed by atoms with Crippen LogP contribution in [0.5, 0.6) is 11.5 Å². The number of fused-ring (bicyclic) bond motifs is 1. The van der Waals surface area contributed by atoms with Gasteiger partial charge in [-0.1, -0.05) is 25.0 Å². The first-order valence-electron chi connectivity index (χ1n) is 7.12. The largest absolute Gasteiger partial charge is 0.507 e. The Morgan fingerprint density at radius 3 is 1.95 bits per heavy atom. The first-order valence-corrected chi connectivity index (χ1v) is 7.12. The van der Waals surface area contributed by atoms with Gasteiger partial charge in [0.2, 0.25) is 0 Å². The van der Waals surface area contributed by atoms with E-state index in [-0.39, 0.29) is 0 Å². The Morgan fingerprint density at radius 1 is 0.947 bits per heavy atom. The lowest BCUT2D eigenvalue weighted by Gasteiger charge is -2.26. The molecule has 0 fully saturated rings. The minimum atomic E-state index is 0.502. The highest BCUT2D eigenvalue weighted by Crippen LogP contribution is 2.43. The second kappa shape index (κ2) is 5.28. The molecule has 2 rings (SSSR count). The summed E-state index contributed by atoms with van der Waals surface area (Å²) in [5, 5.41) is 10.6. The zero-order valence-corrected chi connectivity index (χ0v) is 12.7. The molecule has 0 aromatic heterocycles. The molecule has 0 aliphatic heterocycles. The summed E-state index contributed by atoms with van der Waals surface area (Å²) >= 11 is 0. The van der Waals surface area contributed by atoms with Gasteiger partial charge in [-0.25, -0.2) is 0 Å². The van der Waals surface area contributed by atoms with Gasteiger partial charge in [0.25, 0.3) is 0 Å². The molecule has 1 aliphatic carbocycles. The molecule has 0 atom stereocenters. The Labute approximate surface area is 116 Å². The number of ether oxygens (including phenoxy) is 1. The first kappa shape index (κ1) is 14.0. The maximum atomic E-state index is 10.6. The summed E-state index contributed by atoms with van der Waals surface area (Å²) in [5.41, 5.74) is 7.28. The second-order valence-electron chi connectivity index (χ2n) is 5.42. The topological polar surface area (TPSA) is 29.5 Å². The van der Waals surface area contributed by atoms with Crippen molar-refractivity contribution in [1.29, 1.82) is 0 Å². The molecule has 0 amide bonds. The number of allylic oxidation sites excluding steroid dienone is 2. The van der Waals surface area contributed by atoms with Gasteiger partial charge in [0.15, 0.2) is 0 Å². The fourth-order valence-corrected chi connectivity index (χ4v) is 3.13. The van der Waals surface area contributed by atoms with E-state index in [2.05, 4.69) is 27.7 Å². The standard InChI is InChI=1S/C17H24O2/c1-6-12-13(7-2)17(19-5)15-9-11(4)10(3)8-14(15)16(12)18/h18H,6-9H2,1-5H3. The molecule has 0 saturated heterocycles. The molecule has 0 bridgehead atoms. The van der Waals surface area contributed by atoms with Gasteiger partial charge in [-0.15, -0.1) is 0 Å². The molecule has 1 aromatic rings. The normalized spacial score (nSPS) is 14.6. The van der Waals surface area contributed by atoms with Crippen LogP contribution < -0.4 is 4.74 Å². The van der Waals surface area contributed by atoms with E-state index in [4.69, 9.17) is 4.74 Å². The minimum Gasteiger partial charge on any atom is -0.507 e.